The Kier molecular flexibility index (Phi) is 10.8. The molecule has 326 valence electrons. The third-order valence-electron chi connectivity index (χ3n) is 14.2. The van der Waals surface area contributed by atoms with E-state index < -0.39 is 119 Å². The average Bonchev–Trinajstić information content (AvgIpc) is 3.43. The van der Waals surface area contributed by atoms with E-state index in [4.69, 9.17) is 23.7 Å². The quantitative estimate of drug-likeness (QED) is 0.131. The van der Waals surface area contributed by atoms with E-state index in [1.807, 2.05) is 0 Å². The molecule has 4 fully saturated rings. The Morgan fingerprint density at radius 3 is 2.00 bits per heavy atom. The lowest BCUT2D eigenvalue weighted by Crippen LogP contribution is -2.81. The summed E-state index contributed by atoms with van der Waals surface area (Å²) in [5.41, 5.74) is -6.41. The van der Waals surface area contributed by atoms with E-state index in [0.717, 1.165) is 13.8 Å². The molecular weight excluding hydrogens is 803 g/mol. The summed E-state index contributed by atoms with van der Waals surface area (Å²) in [7, 11) is 0. The zero-order valence-electron chi connectivity index (χ0n) is 34.8. The number of fused-ring (bicyclic) bond motifs is 3. The molecule has 1 aliphatic heterocycles. The number of benzene rings is 3. The molecule has 0 spiro atoms. The van der Waals surface area contributed by atoms with Crippen LogP contribution in [0.3, 0.4) is 0 Å². The molecule has 15 nitrogen and oxygen atoms in total. The van der Waals surface area contributed by atoms with Crippen molar-refractivity contribution in [1.29, 1.82) is 0 Å². The lowest BCUT2D eigenvalue weighted by Gasteiger charge is -2.67. The summed E-state index contributed by atoms with van der Waals surface area (Å²) in [5, 5.41) is 40.3. The van der Waals surface area contributed by atoms with Crippen LogP contribution in [0.5, 0.6) is 0 Å². The first-order valence-corrected chi connectivity index (χ1v) is 20.6. The summed E-state index contributed by atoms with van der Waals surface area (Å²) in [6.45, 7) is 6.63. The third kappa shape index (κ3) is 6.39. The molecule has 1 amide bonds. The van der Waals surface area contributed by atoms with E-state index in [9.17, 15) is 39.3 Å². The molecule has 4 N–H and O–H groups in total. The van der Waals surface area contributed by atoms with Crippen LogP contribution in [0.4, 0.5) is 0 Å². The molecule has 1 saturated heterocycles. The molecule has 2 unspecified atom stereocenters. The van der Waals surface area contributed by atoms with Gasteiger partial charge in [-0.15, -0.1) is 0 Å². The van der Waals surface area contributed by atoms with Gasteiger partial charge in [-0.1, -0.05) is 79.2 Å². The van der Waals surface area contributed by atoms with Crippen molar-refractivity contribution in [3.63, 3.8) is 0 Å². The number of carbonyl (C=O) groups excluding carboxylic acids is 6. The standard InChI is InChI=1S/C47H49NO14/c1-24-33-30(60-43(56)36(52)35(27-15-9-6-10-16-27)48-41(54)28-17-11-7-12-18-28)22-47(57)40(61-42(55)29-19-13-8-14-20-29)38-44(4,31(51)21-32-46(38,23-58-32)62-26(3)50)39(53)37(59-25(2)49)34(24)45(33,47)5/h6-20,30-33,35-38,40,51-52,57H,21-23H2,1-5H3,(H,48,54)/t30-,31-,32?,33?,35-,36+,37+,38-,40-,44+,45+,46-,47+/m0/s1. The fourth-order valence-electron chi connectivity index (χ4n) is 11.4. The molecule has 3 saturated carbocycles. The number of Topliss-reactive ketones (excluding diaryl/α,β-unsaturated/α-hetero) is 1. The molecule has 5 aliphatic rings. The predicted octanol–water partition coefficient (Wildman–Crippen LogP) is 3.35. The summed E-state index contributed by atoms with van der Waals surface area (Å²) in [6.07, 6.45) is -9.96. The van der Waals surface area contributed by atoms with Crippen molar-refractivity contribution in [2.24, 2.45) is 22.7 Å². The zero-order valence-corrected chi connectivity index (χ0v) is 34.8. The second kappa shape index (κ2) is 15.6. The lowest BCUT2D eigenvalue weighted by molar-refractivity contribution is -0.344. The van der Waals surface area contributed by atoms with Gasteiger partial charge in [-0.25, -0.2) is 9.59 Å². The van der Waals surface area contributed by atoms with Crippen LogP contribution in [0, 0.1) is 22.7 Å². The highest BCUT2D eigenvalue weighted by molar-refractivity contribution is 5.97. The van der Waals surface area contributed by atoms with Crippen molar-refractivity contribution in [2.75, 3.05) is 6.61 Å². The van der Waals surface area contributed by atoms with Crippen molar-refractivity contribution in [3.05, 3.63) is 119 Å². The molecule has 1 heterocycles. The van der Waals surface area contributed by atoms with Gasteiger partial charge in [-0.05, 0) is 49.2 Å². The van der Waals surface area contributed by atoms with Gasteiger partial charge in [0.2, 0.25) is 0 Å². The predicted molar refractivity (Wildman–Crippen MR) is 216 cm³/mol. The molecule has 3 aromatic rings. The summed E-state index contributed by atoms with van der Waals surface area (Å²) < 4.78 is 30.4. The highest BCUT2D eigenvalue weighted by Gasteiger charge is 2.83. The number of carbonyl (C=O) groups is 6. The Balaban J connectivity index is 1.26. The number of ether oxygens (including phenoxy) is 5. The van der Waals surface area contributed by atoms with E-state index in [0.29, 0.717) is 11.1 Å². The van der Waals surface area contributed by atoms with Gasteiger partial charge in [0.1, 0.15) is 23.9 Å². The number of esters is 4. The number of amides is 1. The van der Waals surface area contributed by atoms with Crippen LogP contribution in [0.25, 0.3) is 0 Å². The minimum atomic E-state index is -2.32. The fraction of sp³-hybridized carbons (Fsp3) is 0.447. The van der Waals surface area contributed by atoms with Crippen LogP contribution in [-0.2, 0) is 42.9 Å². The smallest absolute Gasteiger partial charge is 0.338 e. The van der Waals surface area contributed by atoms with Gasteiger partial charge in [0.15, 0.2) is 23.6 Å². The summed E-state index contributed by atoms with van der Waals surface area (Å²) in [6, 6.07) is 23.2. The lowest BCUT2D eigenvalue weighted by atomic mass is 9.43. The number of aliphatic hydroxyl groups excluding tert-OH is 2. The molecule has 4 aliphatic carbocycles. The Morgan fingerprint density at radius 1 is 0.839 bits per heavy atom. The Hall–Kier alpha value is -5.74. The number of rotatable bonds is 10. The maximum Gasteiger partial charge on any atom is 0.338 e. The van der Waals surface area contributed by atoms with Crippen molar-refractivity contribution in [2.45, 2.75) is 101 Å². The third-order valence-corrected chi connectivity index (χ3v) is 14.2. The van der Waals surface area contributed by atoms with Gasteiger partial charge in [-0.2, -0.15) is 0 Å². The SMILES string of the molecule is CC(=O)O[C@H]1C(=O)[C@]2(C)[C@@H](O)CC3OC[C@@]3(OC(C)=O)[C@H]2[C@H](OC(=O)c2ccccc2)[C@]2(O)C[C@H](OC(=O)[C@H](O)[C@@H](NC(=O)c3ccccc3)c3ccccc3)C3C(C)=C1[C@@]32C. The van der Waals surface area contributed by atoms with Crippen molar-refractivity contribution >= 4 is 35.6 Å². The first-order chi connectivity index (χ1) is 29.4. The minimum Gasteiger partial charge on any atom is -0.460 e. The second-order valence-corrected chi connectivity index (χ2v) is 17.5. The van der Waals surface area contributed by atoms with E-state index in [2.05, 4.69) is 5.32 Å². The Morgan fingerprint density at radius 2 is 1.44 bits per heavy atom. The zero-order chi connectivity index (χ0) is 44.5. The van der Waals surface area contributed by atoms with Gasteiger partial charge in [0, 0.05) is 43.6 Å². The monoisotopic (exact) mass is 851 g/mol. The molecule has 0 aromatic heterocycles. The van der Waals surface area contributed by atoms with Gasteiger partial charge in [-0.3, -0.25) is 19.2 Å². The first-order valence-electron chi connectivity index (χ1n) is 20.6. The van der Waals surface area contributed by atoms with Crippen molar-refractivity contribution in [1.82, 2.24) is 5.32 Å². The molecule has 8 rings (SSSR count). The number of aliphatic hydroxyl groups is 3. The van der Waals surface area contributed by atoms with Crippen LogP contribution in [0.1, 0.15) is 79.8 Å². The maximum absolute atomic E-state index is 15.3. The van der Waals surface area contributed by atoms with E-state index >= 15 is 4.79 Å². The number of ketones is 1. The molecule has 13 atom stereocenters. The van der Waals surface area contributed by atoms with Crippen LogP contribution in [0.2, 0.25) is 0 Å². The topological polar surface area (TPSA) is 221 Å². The fourth-order valence-corrected chi connectivity index (χ4v) is 11.4. The van der Waals surface area contributed by atoms with E-state index in [-0.39, 0.29) is 29.7 Å². The summed E-state index contributed by atoms with van der Waals surface area (Å²) in [4.78, 5) is 83.2. The molecule has 3 aromatic carbocycles. The van der Waals surface area contributed by atoms with Gasteiger partial charge >= 0.3 is 23.9 Å². The highest BCUT2D eigenvalue weighted by Crippen LogP contribution is 2.72. The number of nitrogens with one attached hydrogen (secondary N) is 1. The second-order valence-electron chi connectivity index (χ2n) is 17.5. The molecular formula is C47H49NO14. The highest BCUT2D eigenvalue weighted by atomic mass is 16.6. The largest absolute Gasteiger partial charge is 0.460 e. The molecule has 0 bridgehead atoms. The van der Waals surface area contributed by atoms with Crippen LogP contribution in [-0.4, -0.2) is 105 Å². The molecule has 62 heavy (non-hydrogen) atoms. The van der Waals surface area contributed by atoms with Gasteiger partial charge < -0.3 is 44.3 Å². The Labute approximate surface area is 357 Å². The average molecular weight is 852 g/mol. The van der Waals surface area contributed by atoms with Crippen molar-refractivity contribution in [3.8, 4) is 0 Å². The first kappa shape index (κ1) is 42.9. The van der Waals surface area contributed by atoms with Crippen LogP contribution in [0.15, 0.2) is 102 Å². The van der Waals surface area contributed by atoms with Crippen LogP contribution >= 0.6 is 0 Å². The van der Waals surface area contributed by atoms with Crippen molar-refractivity contribution < 1.29 is 67.8 Å². The van der Waals surface area contributed by atoms with E-state index in [1.165, 1.54) is 19.1 Å². The number of hydrogen-bond acceptors (Lipinski definition) is 14. The maximum atomic E-state index is 15.3. The van der Waals surface area contributed by atoms with Gasteiger partial charge in [0.05, 0.1) is 35.6 Å². The number of hydrogen-bond donors (Lipinski definition) is 4. The van der Waals surface area contributed by atoms with E-state index in [1.54, 1.807) is 92.7 Å². The van der Waals surface area contributed by atoms with Gasteiger partial charge in [0.25, 0.3) is 5.91 Å². The molecule has 0 radical (unpaired) electrons. The summed E-state index contributed by atoms with van der Waals surface area (Å²) >= 11 is 0. The van der Waals surface area contributed by atoms with Crippen LogP contribution < -0.4 is 5.32 Å². The minimum absolute atomic E-state index is 0.0825. The Bertz CT molecular complexity index is 2340. The molecule has 15 heteroatoms. The summed E-state index contributed by atoms with van der Waals surface area (Å²) in [5.74, 6) is -7.49. The normalized spacial score (nSPS) is 35.1.